The number of hydrogen-bond donors (Lipinski definition) is 0. The molecule has 0 atom stereocenters. The van der Waals surface area contributed by atoms with Crippen molar-refractivity contribution in [2.45, 2.75) is 26.7 Å². The number of rotatable bonds is 2. The van der Waals surface area contributed by atoms with Crippen LogP contribution in [0.4, 0.5) is 5.69 Å². The number of benzene rings is 2. The molecule has 1 amide bonds. The van der Waals surface area contributed by atoms with E-state index in [0.717, 1.165) is 40.9 Å². The molecule has 0 spiro atoms. The summed E-state index contributed by atoms with van der Waals surface area (Å²) in [6, 6.07) is 13.7. The van der Waals surface area contributed by atoms with Gasteiger partial charge in [-0.1, -0.05) is 24.3 Å². The van der Waals surface area contributed by atoms with Crippen molar-refractivity contribution in [3.63, 3.8) is 0 Å². The highest BCUT2D eigenvalue weighted by Gasteiger charge is 2.29. The molecule has 2 aromatic carbocycles. The van der Waals surface area contributed by atoms with E-state index < -0.39 is 0 Å². The average Bonchev–Trinajstić information content (AvgIpc) is 2.67. The Hall–Kier alpha value is -2.88. The summed E-state index contributed by atoms with van der Waals surface area (Å²) in [7, 11) is 1.66. The Morgan fingerprint density at radius 2 is 1.96 bits per heavy atom. The largest absolute Gasteiger partial charge is 0.495 e. The fourth-order valence-corrected chi connectivity index (χ4v) is 3.85. The van der Waals surface area contributed by atoms with Gasteiger partial charge in [0.1, 0.15) is 5.75 Å². The Balaban J connectivity index is 1.89. The zero-order valence-electron chi connectivity index (χ0n) is 15.4. The number of carbonyl (C=O) groups is 1. The lowest BCUT2D eigenvalue weighted by molar-refractivity contribution is 0.0986. The third-order valence-electron chi connectivity index (χ3n) is 5.10. The molecule has 0 aliphatic carbocycles. The molecule has 4 rings (SSSR count). The van der Waals surface area contributed by atoms with Gasteiger partial charge in [-0.2, -0.15) is 0 Å². The normalized spacial score (nSPS) is 13.6. The topological polar surface area (TPSA) is 42.4 Å². The van der Waals surface area contributed by atoms with E-state index in [1.165, 1.54) is 11.1 Å². The molecular weight excluding hydrogens is 324 g/mol. The smallest absolute Gasteiger partial charge is 0.259 e. The predicted molar refractivity (Wildman–Crippen MR) is 104 cm³/mol. The van der Waals surface area contributed by atoms with Crippen LogP contribution in [-0.2, 0) is 6.42 Å². The molecule has 26 heavy (non-hydrogen) atoms. The average molecular weight is 346 g/mol. The molecule has 0 saturated carbocycles. The summed E-state index contributed by atoms with van der Waals surface area (Å²) in [4.78, 5) is 20.0. The third kappa shape index (κ3) is 2.62. The van der Waals surface area contributed by atoms with Crippen LogP contribution in [0, 0.1) is 13.8 Å². The van der Waals surface area contributed by atoms with Gasteiger partial charge in [-0.05, 0) is 56.0 Å². The monoisotopic (exact) mass is 346 g/mol. The molecule has 0 unspecified atom stereocenters. The highest BCUT2D eigenvalue weighted by Crippen LogP contribution is 2.39. The van der Waals surface area contributed by atoms with E-state index in [-0.39, 0.29) is 5.91 Å². The van der Waals surface area contributed by atoms with Crippen molar-refractivity contribution in [1.82, 2.24) is 4.98 Å². The lowest BCUT2D eigenvalue weighted by atomic mass is 9.95. The number of amides is 1. The van der Waals surface area contributed by atoms with Crippen LogP contribution in [0.3, 0.4) is 0 Å². The number of hydrogen-bond acceptors (Lipinski definition) is 3. The highest BCUT2D eigenvalue weighted by molar-refractivity contribution is 6.14. The van der Waals surface area contributed by atoms with E-state index in [4.69, 9.17) is 4.74 Å². The predicted octanol–water partition coefficient (Wildman–Crippen LogP) is 4.45. The second kappa shape index (κ2) is 6.45. The minimum atomic E-state index is 0.0107. The van der Waals surface area contributed by atoms with Gasteiger partial charge >= 0.3 is 0 Å². The molecular formula is C22H22N2O2. The third-order valence-corrected chi connectivity index (χ3v) is 5.10. The number of nitrogens with zero attached hydrogens (tertiary/aromatic N) is 2. The van der Waals surface area contributed by atoms with Gasteiger partial charge in [0.15, 0.2) is 0 Å². The molecule has 1 aliphatic rings. The molecule has 4 nitrogen and oxygen atoms in total. The lowest BCUT2D eigenvalue weighted by Gasteiger charge is -2.32. The van der Waals surface area contributed by atoms with E-state index >= 15 is 0 Å². The van der Waals surface area contributed by atoms with E-state index in [2.05, 4.69) is 18.0 Å². The molecule has 0 radical (unpaired) electrons. The van der Waals surface area contributed by atoms with Crippen LogP contribution >= 0.6 is 0 Å². The number of carbonyl (C=O) groups excluding carboxylic acids is 1. The Bertz CT molecular complexity index is 1010. The second-order valence-corrected chi connectivity index (χ2v) is 6.80. The van der Waals surface area contributed by atoms with E-state index in [1.807, 2.05) is 48.2 Å². The Morgan fingerprint density at radius 3 is 2.77 bits per heavy atom. The first kappa shape index (κ1) is 16.6. The molecule has 1 aromatic heterocycles. The fraction of sp³-hybridized carbons (Fsp3) is 0.273. The Morgan fingerprint density at radius 1 is 1.15 bits per heavy atom. The van der Waals surface area contributed by atoms with E-state index in [1.54, 1.807) is 7.11 Å². The van der Waals surface area contributed by atoms with Gasteiger partial charge in [0.05, 0.1) is 23.9 Å². The number of para-hydroxylation sites is 1. The van der Waals surface area contributed by atoms with Crippen LogP contribution in [0.5, 0.6) is 5.75 Å². The van der Waals surface area contributed by atoms with Gasteiger partial charge in [0.25, 0.3) is 5.91 Å². The van der Waals surface area contributed by atoms with Crippen LogP contribution in [0.15, 0.2) is 42.5 Å². The van der Waals surface area contributed by atoms with Gasteiger partial charge in [-0.3, -0.25) is 9.78 Å². The van der Waals surface area contributed by atoms with Crippen molar-refractivity contribution >= 4 is 22.5 Å². The Labute approximate surface area is 153 Å². The van der Waals surface area contributed by atoms with Gasteiger partial charge in [0, 0.05) is 17.6 Å². The first-order chi connectivity index (χ1) is 12.6. The number of fused-ring (bicyclic) bond motifs is 2. The van der Waals surface area contributed by atoms with Crippen LogP contribution in [0.2, 0.25) is 0 Å². The second-order valence-electron chi connectivity index (χ2n) is 6.80. The number of methoxy groups -OCH3 is 1. The lowest BCUT2D eigenvalue weighted by Crippen LogP contribution is -2.36. The molecule has 3 aromatic rings. The SMILES string of the molecule is COc1ccc(C)c2c1N(C(=O)c1cc(C)nc3ccccc13)CCC2. The fourth-order valence-electron chi connectivity index (χ4n) is 3.85. The van der Waals surface area contributed by atoms with Crippen LogP contribution < -0.4 is 9.64 Å². The highest BCUT2D eigenvalue weighted by atomic mass is 16.5. The summed E-state index contributed by atoms with van der Waals surface area (Å²) in [5.41, 5.74) is 5.73. The van der Waals surface area contributed by atoms with Crippen molar-refractivity contribution < 1.29 is 9.53 Å². The first-order valence-corrected chi connectivity index (χ1v) is 8.95. The number of pyridine rings is 1. The van der Waals surface area contributed by atoms with Crippen molar-refractivity contribution in [1.29, 1.82) is 0 Å². The van der Waals surface area contributed by atoms with Crippen LogP contribution in [0.25, 0.3) is 10.9 Å². The quantitative estimate of drug-likeness (QED) is 0.688. The first-order valence-electron chi connectivity index (χ1n) is 8.95. The zero-order chi connectivity index (χ0) is 18.3. The van der Waals surface area contributed by atoms with Gasteiger partial charge in [-0.25, -0.2) is 0 Å². The number of aryl methyl sites for hydroxylation is 2. The molecule has 2 heterocycles. The maximum atomic E-state index is 13.6. The van der Waals surface area contributed by atoms with Gasteiger partial charge in [0.2, 0.25) is 0 Å². The molecule has 0 saturated heterocycles. The summed E-state index contributed by atoms with van der Waals surface area (Å²) < 4.78 is 5.59. The van der Waals surface area contributed by atoms with Crippen LogP contribution in [-0.4, -0.2) is 24.5 Å². The van der Waals surface area contributed by atoms with Gasteiger partial charge in [-0.15, -0.1) is 0 Å². The zero-order valence-corrected chi connectivity index (χ0v) is 15.4. The van der Waals surface area contributed by atoms with Crippen molar-refractivity contribution in [3.05, 3.63) is 64.8 Å². The van der Waals surface area contributed by atoms with Crippen molar-refractivity contribution in [2.75, 3.05) is 18.6 Å². The molecule has 0 bridgehead atoms. The molecule has 0 fully saturated rings. The summed E-state index contributed by atoms with van der Waals surface area (Å²) in [5.74, 6) is 0.769. The summed E-state index contributed by atoms with van der Waals surface area (Å²) in [6.45, 7) is 4.72. The minimum Gasteiger partial charge on any atom is -0.495 e. The van der Waals surface area contributed by atoms with Gasteiger partial charge < -0.3 is 9.64 Å². The number of ether oxygens (including phenoxy) is 1. The molecule has 4 heteroatoms. The molecule has 132 valence electrons. The van der Waals surface area contributed by atoms with Crippen LogP contribution in [0.1, 0.15) is 33.6 Å². The van der Waals surface area contributed by atoms with Crippen molar-refractivity contribution in [3.8, 4) is 5.75 Å². The minimum absolute atomic E-state index is 0.0107. The number of aromatic nitrogens is 1. The maximum Gasteiger partial charge on any atom is 0.259 e. The van der Waals surface area contributed by atoms with Crippen molar-refractivity contribution in [2.24, 2.45) is 0 Å². The molecule has 1 aliphatic heterocycles. The Kier molecular flexibility index (Phi) is 4.11. The summed E-state index contributed by atoms with van der Waals surface area (Å²) >= 11 is 0. The molecule has 0 N–H and O–H groups in total. The maximum absolute atomic E-state index is 13.6. The summed E-state index contributed by atoms with van der Waals surface area (Å²) in [5, 5.41) is 0.891. The number of anilines is 1. The summed E-state index contributed by atoms with van der Waals surface area (Å²) in [6.07, 6.45) is 1.92. The van der Waals surface area contributed by atoms with E-state index in [0.29, 0.717) is 12.1 Å². The standard InChI is InChI=1S/C22H22N2O2/c1-14-10-11-20(26-3)21-16(14)8-6-12-24(21)22(25)18-13-15(2)23-19-9-5-4-7-17(18)19/h4-5,7,9-11,13H,6,8,12H2,1-3H3. The van der Waals surface area contributed by atoms with E-state index in [9.17, 15) is 4.79 Å².